The molecule has 17 heavy (non-hydrogen) atoms. The fraction of sp³-hybridized carbons (Fsp3) is 0.154. The van der Waals surface area contributed by atoms with Crippen molar-refractivity contribution in [1.82, 2.24) is 4.57 Å². The first kappa shape index (κ1) is 11.9. The van der Waals surface area contributed by atoms with E-state index in [-0.39, 0.29) is 5.56 Å². The molecule has 2 rings (SSSR count). The third kappa shape index (κ3) is 2.75. The zero-order chi connectivity index (χ0) is 12.3. The molecule has 0 spiro atoms. The second-order valence-electron chi connectivity index (χ2n) is 3.74. The molecule has 0 aliphatic rings. The van der Waals surface area contributed by atoms with Crippen LogP contribution >= 0.6 is 11.6 Å². The predicted molar refractivity (Wildman–Crippen MR) is 70.2 cm³/mol. The van der Waals surface area contributed by atoms with Gasteiger partial charge in [-0.15, -0.1) is 0 Å². The predicted octanol–water partition coefficient (Wildman–Crippen LogP) is 2.13. The summed E-state index contributed by atoms with van der Waals surface area (Å²) in [6, 6.07) is 10.9. The number of halogens is 1. The second-order valence-corrected chi connectivity index (χ2v) is 4.18. The summed E-state index contributed by atoms with van der Waals surface area (Å²) in [5, 5.41) is 0.698. The smallest absolute Gasteiger partial charge is 0.250 e. The Morgan fingerprint density at radius 2 is 1.71 bits per heavy atom. The molecule has 0 radical (unpaired) electrons. The highest BCUT2D eigenvalue weighted by Crippen LogP contribution is 2.20. The summed E-state index contributed by atoms with van der Waals surface area (Å²) in [5.41, 5.74) is 7.44. The van der Waals surface area contributed by atoms with Crippen molar-refractivity contribution >= 4 is 11.6 Å². The molecule has 4 heteroatoms. The minimum absolute atomic E-state index is 0.0341. The molecule has 0 saturated heterocycles. The van der Waals surface area contributed by atoms with Crippen LogP contribution in [0.2, 0.25) is 5.02 Å². The molecule has 0 fully saturated rings. The van der Waals surface area contributed by atoms with E-state index >= 15 is 0 Å². The molecule has 2 N–H and O–H groups in total. The van der Waals surface area contributed by atoms with Crippen LogP contribution in [0.1, 0.15) is 0 Å². The molecule has 3 nitrogen and oxygen atoms in total. The molecule has 2 aromatic rings. The van der Waals surface area contributed by atoms with E-state index in [9.17, 15) is 4.79 Å². The van der Waals surface area contributed by atoms with Gasteiger partial charge in [0, 0.05) is 30.4 Å². The highest BCUT2D eigenvalue weighted by Gasteiger charge is 2.01. The van der Waals surface area contributed by atoms with Crippen LogP contribution in [0.5, 0.6) is 0 Å². The molecular formula is C13H13ClN2O. The Balaban J connectivity index is 2.42. The SMILES string of the molecule is NCCn1cc(-c2ccc(Cl)cc2)ccc1=O. The molecule has 0 bridgehead atoms. The van der Waals surface area contributed by atoms with Gasteiger partial charge in [0.25, 0.3) is 5.56 Å². The number of hydrogen-bond acceptors (Lipinski definition) is 2. The first-order chi connectivity index (χ1) is 8.20. The summed E-state index contributed by atoms with van der Waals surface area (Å²) in [5.74, 6) is 0. The maximum Gasteiger partial charge on any atom is 0.250 e. The van der Waals surface area contributed by atoms with Crippen LogP contribution in [-0.2, 0) is 6.54 Å². The zero-order valence-corrected chi connectivity index (χ0v) is 10.0. The molecular weight excluding hydrogens is 236 g/mol. The number of nitrogens with zero attached hydrogens (tertiary/aromatic N) is 1. The number of benzene rings is 1. The van der Waals surface area contributed by atoms with Crippen LogP contribution in [0.15, 0.2) is 47.4 Å². The quantitative estimate of drug-likeness (QED) is 0.905. The van der Waals surface area contributed by atoms with Gasteiger partial charge in [-0.25, -0.2) is 0 Å². The average Bonchev–Trinajstić information content (AvgIpc) is 2.33. The summed E-state index contributed by atoms with van der Waals surface area (Å²) in [6.45, 7) is 0.976. The Labute approximate surface area is 104 Å². The van der Waals surface area contributed by atoms with E-state index in [1.54, 1.807) is 16.7 Å². The Morgan fingerprint density at radius 1 is 1.06 bits per heavy atom. The van der Waals surface area contributed by atoms with E-state index < -0.39 is 0 Å². The standard InChI is InChI=1S/C13H13ClN2O/c14-12-4-1-10(2-5-12)11-3-6-13(17)16(9-11)8-7-15/h1-6,9H,7-8,15H2. The van der Waals surface area contributed by atoms with Crippen LogP contribution in [0.4, 0.5) is 0 Å². The number of rotatable bonds is 3. The highest BCUT2D eigenvalue weighted by atomic mass is 35.5. The maximum absolute atomic E-state index is 11.5. The van der Waals surface area contributed by atoms with Gasteiger partial charge in [0.1, 0.15) is 0 Å². The Bertz CT molecular complexity index is 560. The monoisotopic (exact) mass is 248 g/mol. The summed E-state index contributed by atoms with van der Waals surface area (Å²) in [4.78, 5) is 11.5. The average molecular weight is 249 g/mol. The van der Waals surface area contributed by atoms with Crippen molar-refractivity contribution in [3.63, 3.8) is 0 Å². The summed E-state index contributed by atoms with van der Waals surface area (Å²) >= 11 is 5.83. The molecule has 0 aliphatic heterocycles. The molecule has 0 aliphatic carbocycles. The van der Waals surface area contributed by atoms with Crippen molar-refractivity contribution in [1.29, 1.82) is 0 Å². The molecule has 1 aromatic heterocycles. The molecule has 1 aromatic carbocycles. The summed E-state index contributed by atoms with van der Waals surface area (Å²) in [7, 11) is 0. The number of pyridine rings is 1. The Hall–Kier alpha value is -1.58. The third-order valence-corrected chi connectivity index (χ3v) is 2.78. The fourth-order valence-corrected chi connectivity index (χ4v) is 1.78. The Morgan fingerprint density at radius 3 is 2.35 bits per heavy atom. The highest BCUT2D eigenvalue weighted by molar-refractivity contribution is 6.30. The van der Waals surface area contributed by atoms with Gasteiger partial charge in [0.05, 0.1) is 0 Å². The van der Waals surface area contributed by atoms with Gasteiger partial charge in [-0.2, -0.15) is 0 Å². The van der Waals surface area contributed by atoms with E-state index in [4.69, 9.17) is 17.3 Å². The van der Waals surface area contributed by atoms with Crippen LogP contribution in [-0.4, -0.2) is 11.1 Å². The lowest BCUT2D eigenvalue weighted by Gasteiger charge is -2.07. The minimum Gasteiger partial charge on any atom is -0.329 e. The van der Waals surface area contributed by atoms with Gasteiger partial charge in [-0.05, 0) is 29.3 Å². The van der Waals surface area contributed by atoms with Gasteiger partial charge in [-0.1, -0.05) is 23.7 Å². The van der Waals surface area contributed by atoms with Crippen molar-refractivity contribution in [2.24, 2.45) is 5.73 Å². The molecule has 0 saturated carbocycles. The van der Waals surface area contributed by atoms with Crippen LogP contribution in [0.3, 0.4) is 0 Å². The lowest BCUT2D eigenvalue weighted by molar-refractivity contribution is 0.682. The fourth-order valence-electron chi connectivity index (χ4n) is 1.66. The van der Waals surface area contributed by atoms with Gasteiger partial charge in [0.15, 0.2) is 0 Å². The third-order valence-electron chi connectivity index (χ3n) is 2.53. The van der Waals surface area contributed by atoms with Gasteiger partial charge in [0.2, 0.25) is 0 Å². The van der Waals surface area contributed by atoms with E-state index in [2.05, 4.69) is 0 Å². The van der Waals surface area contributed by atoms with Crippen molar-refractivity contribution in [2.45, 2.75) is 6.54 Å². The Kier molecular flexibility index (Phi) is 3.61. The number of nitrogens with two attached hydrogens (primary N) is 1. The van der Waals surface area contributed by atoms with E-state index in [0.29, 0.717) is 18.1 Å². The van der Waals surface area contributed by atoms with Crippen LogP contribution < -0.4 is 11.3 Å². The first-order valence-electron chi connectivity index (χ1n) is 5.37. The zero-order valence-electron chi connectivity index (χ0n) is 9.27. The second kappa shape index (κ2) is 5.17. The molecule has 1 heterocycles. The minimum atomic E-state index is -0.0341. The lowest BCUT2D eigenvalue weighted by Crippen LogP contribution is -2.22. The number of hydrogen-bond donors (Lipinski definition) is 1. The normalized spacial score (nSPS) is 10.5. The summed E-state index contributed by atoms with van der Waals surface area (Å²) in [6.07, 6.45) is 1.82. The topological polar surface area (TPSA) is 48.0 Å². The van der Waals surface area contributed by atoms with Gasteiger partial charge >= 0.3 is 0 Å². The van der Waals surface area contributed by atoms with Crippen molar-refractivity contribution < 1.29 is 0 Å². The number of aromatic nitrogens is 1. The van der Waals surface area contributed by atoms with E-state index in [1.165, 1.54) is 0 Å². The van der Waals surface area contributed by atoms with Crippen molar-refractivity contribution in [3.05, 3.63) is 58.0 Å². The van der Waals surface area contributed by atoms with Crippen LogP contribution in [0.25, 0.3) is 11.1 Å². The summed E-state index contributed by atoms with van der Waals surface area (Å²) < 4.78 is 1.62. The van der Waals surface area contributed by atoms with Crippen LogP contribution in [0, 0.1) is 0 Å². The largest absolute Gasteiger partial charge is 0.329 e. The van der Waals surface area contributed by atoms with Crippen molar-refractivity contribution in [3.8, 4) is 11.1 Å². The van der Waals surface area contributed by atoms with E-state index in [0.717, 1.165) is 11.1 Å². The first-order valence-corrected chi connectivity index (χ1v) is 5.75. The van der Waals surface area contributed by atoms with Crippen molar-refractivity contribution in [2.75, 3.05) is 6.54 Å². The van der Waals surface area contributed by atoms with Gasteiger partial charge < -0.3 is 10.3 Å². The molecule has 0 unspecified atom stereocenters. The van der Waals surface area contributed by atoms with E-state index in [1.807, 2.05) is 30.5 Å². The molecule has 88 valence electrons. The molecule has 0 amide bonds. The lowest BCUT2D eigenvalue weighted by atomic mass is 10.1. The van der Waals surface area contributed by atoms with Gasteiger partial charge in [-0.3, -0.25) is 4.79 Å². The molecule has 0 atom stereocenters. The maximum atomic E-state index is 11.5.